The molecule has 2 aromatic rings. The first-order valence-electron chi connectivity index (χ1n) is 8.27. The summed E-state index contributed by atoms with van der Waals surface area (Å²) in [5.41, 5.74) is 0.750. The van der Waals surface area contributed by atoms with Crippen molar-refractivity contribution in [3.05, 3.63) is 71.5 Å². The molecule has 3 rings (SSSR count). The Morgan fingerprint density at radius 3 is 2.35 bits per heavy atom. The molecule has 0 spiro atoms. The third-order valence-corrected chi connectivity index (χ3v) is 8.51. The number of halogens is 1. The van der Waals surface area contributed by atoms with E-state index < -0.39 is 36.7 Å². The van der Waals surface area contributed by atoms with E-state index in [9.17, 15) is 21.2 Å². The molecule has 1 heterocycles. The van der Waals surface area contributed by atoms with Crippen LogP contribution in [0.3, 0.4) is 0 Å². The van der Waals surface area contributed by atoms with E-state index in [1.165, 1.54) is 22.5 Å². The fourth-order valence-electron chi connectivity index (χ4n) is 3.15. The van der Waals surface area contributed by atoms with Crippen molar-refractivity contribution in [3.8, 4) is 0 Å². The minimum atomic E-state index is -3.81. The maximum Gasteiger partial charge on any atom is 0.218 e. The van der Waals surface area contributed by atoms with Gasteiger partial charge in [0.15, 0.2) is 9.84 Å². The van der Waals surface area contributed by atoms with Gasteiger partial charge in [0, 0.05) is 18.7 Å². The maximum absolute atomic E-state index is 13.8. The van der Waals surface area contributed by atoms with Crippen LogP contribution in [0.15, 0.2) is 54.6 Å². The zero-order chi connectivity index (χ0) is 18.8. The lowest BCUT2D eigenvalue weighted by Gasteiger charge is -2.20. The summed E-state index contributed by atoms with van der Waals surface area (Å²) in [6, 6.07) is 14.5. The molecular weight excluding hydrogens is 377 g/mol. The van der Waals surface area contributed by atoms with Crippen LogP contribution in [0.1, 0.15) is 22.8 Å². The smallest absolute Gasteiger partial charge is 0.218 e. The summed E-state index contributed by atoms with van der Waals surface area (Å²) in [4.78, 5) is 0. The van der Waals surface area contributed by atoms with Crippen LogP contribution in [0.5, 0.6) is 0 Å². The fourth-order valence-corrected chi connectivity index (χ4v) is 6.62. The number of hydrogen-bond acceptors (Lipinski definition) is 4. The monoisotopic (exact) mass is 397 g/mol. The Hall–Kier alpha value is -1.77. The average molecular weight is 397 g/mol. The van der Waals surface area contributed by atoms with Gasteiger partial charge in [-0.25, -0.2) is 25.5 Å². The molecule has 0 saturated carbocycles. The molecule has 1 fully saturated rings. The summed E-state index contributed by atoms with van der Waals surface area (Å²) < 4.78 is 65.5. The Bertz CT molecular complexity index is 975. The molecule has 1 unspecified atom stereocenters. The van der Waals surface area contributed by atoms with E-state index in [-0.39, 0.29) is 30.8 Å². The second-order valence-corrected chi connectivity index (χ2v) is 10.6. The standard InChI is InChI=1S/C18H20FNO4S2/c19-17-9-5-4-8-16(17)14-26(23,24)20-11-10-18(25(21,22)13-12-20)15-6-2-1-3-7-15/h1-9,18H,10-14H2. The lowest BCUT2D eigenvalue weighted by molar-refractivity contribution is 0.426. The molecule has 5 nitrogen and oxygen atoms in total. The van der Waals surface area contributed by atoms with Gasteiger partial charge in [0.25, 0.3) is 0 Å². The van der Waals surface area contributed by atoms with Crippen LogP contribution in [0.4, 0.5) is 4.39 Å². The SMILES string of the molecule is O=S1(=O)CCN(S(=O)(=O)Cc2ccccc2F)CCC1c1ccccc1. The molecule has 0 aromatic heterocycles. The highest BCUT2D eigenvalue weighted by molar-refractivity contribution is 7.91. The fraction of sp³-hybridized carbons (Fsp3) is 0.333. The normalized spacial score (nSPS) is 21.2. The maximum atomic E-state index is 13.8. The molecule has 140 valence electrons. The first kappa shape index (κ1) is 19.0. The number of rotatable bonds is 4. The minimum absolute atomic E-state index is 0.0826. The molecule has 2 aromatic carbocycles. The van der Waals surface area contributed by atoms with Gasteiger partial charge >= 0.3 is 0 Å². The van der Waals surface area contributed by atoms with Gasteiger partial charge in [0.05, 0.1) is 16.8 Å². The van der Waals surface area contributed by atoms with E-state index in [4.69, 9.17) is 0 Å². The summed E-state index contributed by atoms with van der Waals surface area (Å²) >= 11 is 0. The summed E-state index contributed by atoms with van der Waals surface area (Å²) in [5, 5.41) is -0.725. The van der Waals surface area contributed by atoms with Crippen LogP contribution in [0.25, 0.3) is 0 Å². The van der Waals surface area contributed by atoms with Crippen molar-refractivity contribution in [1.82, 2.24) is 4.31 Å². The number of sulfone groups is 1. The number of hydrogen-bond donors (Lipinski definition) is 0. The van der Waals surface area contributed by atoms with Crippen LogP contribution in [0, 0.1) is 5.82 Å². The molecule has 1 atom stereocenters. The summed E-state index contributed by atoms with van der Waals surface area (Å²) in [7, 11) is -7.28. The molecule has 0 radical (unpaired) electrons. The third kappa shape index (κ3) is 4.13. The van der Waals surface area contributed by atoms with Crippen molar-refractivity contribution in [2.24, 2.45) is 0 Å². The van der Waals surface area contributed by atoms with Crippen LogP contribution in [-0.4, -0.2) is 40.0 Å². The van der Waals surface area contributed by atoms with Crippen molar-refractivity contribution >= 4 is 19.9 Å². The Morgan fingerprint density at radius 1 is 1.00 bits per heavy atom. The van der Waals surface area contributed by atoms with Crippen molar-refractivity contribution in [2.45, 2.75) is 17.4 Å². The molecule has 26 heavy (non-hydrogen) atoms. The molecule has 0 bridgehead atoms. The summed E-state index contributed by atoms with van der Waals surface area (Å²) in [5.74, 6) is -1.31. The molecule has 0 N–H and O–H groups in total. The zero-order valence-corrected chi connectivity index (χ0v) is 15.7. The molecule has 1 saturated heterocycles. The lowest BCUT2D eigenvalue weighted by atomic mass is 10.1. The largest absolute Gasteiger partial charge is 0.228 e. The van der Waals surface area contributed by atoms with Crippen molar-refractivity contribution in [2.75, 3.05) is 18.8 Å². The van der Waals surface area contributed by atoms with Gasteiger partial charge in [0.1, 0.15) is 5.82 Å². The number of nitrogens with zero attached hydrogens (tertiary/aromatic N) is 1. The van der Waals surface area contributed by atoms with E-state index >= 15 is 0 Å². The predicted octanol–water partition coefficient (Wildman–Crippen LogP) is 2.52. The lowest BCUT2D eigenvalue weighted by Crippen LogP contribution is -2.34. The van der Waals surface area contributed by atoms with Crippen molar-refractivity contribution < 1.29 is 21.2 Å². The Kier molecular flexibility index (Phi) is 5.45. The van der Waals surface area contributed by atoms with Crippen molar-refractivity contribution in [3.63, 3.8) is 0 Å². The van der Waals surface area contributed by atoms with Crippen molar-refractivity contribution in [1.29, 1.82) is 0 Å². The Labute approximate surface area is 153 Å². The number of sulfonamides is 1. The molecule has 0 aliphatic carbocycles. The average Bonchev–Trinajstić information content (AvgIpc) is 2.76. The van der Waals surface area contributed by atoms with E-state index in [0.717, 1.165) is 0 Å². The first-order valence-corrected chi connectivity index (χ1v) is 11.6. The second kappa shape index (κ2) is 7.46. The Balaban J connectivity index is 1.82. The van der Waals surface area contributed by atoms with Gasteiger partial charge in [-0.15, -0.1) is 0 Å². The van der Waals surface area contributed by atoms with Crippen LogP contribution >= 0.6 is 0 Å². The van der Waals surface area contributed by atoms with E-state index in [1.807, 2.05) is 0 Å². The van der Waals surface area contributed by atoms with Crippen LogP contribution < -0.4 is 0 Å². The molecule has 8 heteroatoms. The predicted molar refractivity (Wildman–Crippen MR) is 98.2 cm³/mol. The highest BCUT2D eigenvalue weighted by atomic mass is 32.2. The van der Waals surface area contributed by atoms with Gasteiger partial charge in [-0.3, -0.25) is 0 Å². The minimum Gasteiger partial charge on any atom is -0.228 e. The highest BCUT2D eigenvalue weighted by Crippen LogP contribution is 2.30. The third-order valence-electron chi connectivity index (χ3n) is 4.56. The molecule has 1 aliphatic rings. The van der Waals surface area contributed by atoms with E-state index in [2.05, 4.69) is 0 Å². The number of benzene rings is 2. The molecule has 1 aliphatic heterocycles. The summed E-state index contributed by atoms with van der Waals surface area (Å²) in [6.07, 6.45) is 0.183. The topological polar surface area (TPSA) is 71.5 Å². The van der Waals surface area contributed by atoms with Gasteiger partial charge in [-0.05, 0) is 18.1 Å². The van der Waals surface area contributed by atoms with Gasteiger partial charge < -0.3 is 0 Å². The molecular formula is C18H20FNO4S2. The van der Waals surface area contributed by atoms with Gasteiger partial charge in [0.2, 0.25) is 10.0 Å². The van der Waals surface area contributed by atoms with Gasteiger partial charge in [-0.2, -0.15) is 0 Å². The van der Waals surface area contributed by atoms with Crippen LogP contribution in [0.2, 0.25) is 0 Å². The van der Waals surface area contributed by atoms with Gasteiger partial charge in [-0.1, -0.05) is 48.5 Å². The summed E-state index contributed by atoms with van der Waals surface area (Å²) in [6.45, 7) is -0.0158. The highest BCUT2D eigenvalue weighted by Gasteiger charge is 2.35. The second-order valence-electron chi connectivity index (χ2n) is 6.30. The van der Waals surface area contributed by atoms with Crippen LogP contribution in [-0.2, 0) is 25.6 Å². The zero-order valence-electron chi connectivity index (χ0n) is 14.1. The van der Waals surface area contributed by atoms with E-state index in [1.54, 1.807) is 36.4 Å². The first-order chi connectivity index (χ1) is 12.3. The Morgan fingerprint density at radius 2 is 1.65 bits per heavy atom. The molecule has 0 amide bonds. The van der Waals surface area contributed by atoms with E-state index in [0.29, 0.717) is 5.56 Å². The quantitative estimate of drug-likeness (QED) is 0.795.